The second-order valence-corrected chi connectivity index (χ2v) is 14.4. The van der Waals surface area contributed by atoms with Crippen molar-refractivity contribution in [1.82, 2.24) is 9.97 Å². The summed E-state index contributed by atoms with van der Waals surface area (Å²) >= 11 is 1.76. The highest BCUT2D eigenvalue weighted by atomic mass is 32.1. The van der Waals surface area contributed by atoms with E-state index in [1.807, 2.05) is 12.1 Å². The van der Waals surface area contributed by atoms with Gasteiger partial charge in [-0.1, -0.05) is 158 Å². The third-order valence-electron chi connectivity index (χ3n) is 9.93. The summed E-state index contributed by atoms with van der Waals surface area (Å²) in [7, 11) is 0. The largest absolute Gasteiger partial charge is 0.226 e. The van der Waals surface area contributed by atoms with Gasteiger partial charge < -0.3 is 0 Å². The average molecular weight is 709 g/mol. The first-order chi connectivity index (χ1) is 26.7. The van der Waals surface area contributed by atoms with Crippen molar-refractivity contribution in [3.8, 4) is 56.0 Å². The van der Waals surface area contributed by atoms with Gasteiger partial charge in [-0.2, -0.15) is 0 Å². The lowest BCUT2D eigenvalue weighted by molar-refractivity contribution is 1.24. The lowest BCUT2D eigenvalue weighted by atomic mass is 9.90. The van der Waals surface area contributed by atoms with Gasteiger partial charge in [0.05, 0.1) is 15.9 Å². The maximum absolute atomic E-state index is 5.23. The summed E-state index contributed by atoms with van der Waals surface area (Å²) in [5, 5.41) is 3.62. The quantitative estimate of drug-likeness (QED) is 0.147. The molecular weight excluding hydrogens is 673 g/mol. The predicted molar refractivity (Wildman–Crippen MR) is 233 cm³/mol. The van der Waals surface area contributed by atoms with Gasteiger partial charge in [-0.25, -0.2) is 9.97 Å². The van der Waals surface area contributed by atoms with E-state index < -0.39 is 0 Å². The minimum absolute atomic E-state index is 0.723. The first kappa shape index (κ1) is 33.2. The van der Waals surface area contributed by atoms with Crippen molar-refractivity contribution in [3.63, 3.8) is 0 Å². The Labute approximate surface area is 319 Å². The second-order valence-electron chi connectivity index (χ2n) is 13.4. The van der Waals surface area contributed by atoms with Crippen molar-refractivity contribution in [2.75, 3.05) is 0 Å². The Bertz CT molecular complexity index is 2910. The summed E-state index contributed by atoms with van der Waals surface area (Å²) in [4.78, 5) is 10.5. The minimum Gasteiger partial charge on any atom is -0.226 e. The first-order valence-electron chi connectivity index (χ1n) is 18.2. The summed E-state index contributed by atoms with van der Waals surface area (Å²) in [6, 6.07) is 58.5. The van der Waals surface area contributed by atoms with Gasteiger partial charge >= 0.3 is 0 Å². The molecule has 2 nitrogen and oxygen atoms in total. The Balaban J connectivity index is 1.17. The van der Waals surface area contributed by atoms with Crippen LogP contribution in [0.4, 0.5) is 0 Å². The van der Waals surface area contributed by atoms with E-state index in [-0.39, 0.29) is 0 Å². The average Bonchev–Trinajstić information content (AvgIpc) is 3.62. The number of hydrogen-bond acceptors (Lipinski definition) is 3. The highest BCUT2D eigenvalue weighted by Gasteiger charge is 2.17. The number of thiophene rings is 1. The number of allylic oxidation sites excluding steroid dienone is 5. The number of benzene rings is 7. The summed E-state index contributed by atoms with van der Waals surface area (Å²) in [5.41, 5.74) is 13.2. The molecule has 0 unspecified atom stereocenters. The Hall–Kier alpha value is -6.68. The lowest BCUT2D eigenvalue weighted by Crippen LogP contribution is -1.94. The lowest BCUT2D eigenvalue weighted by Gasteiger charge is -2.14. The number of nitrogens with zero attached hydrogens (tertiary/aromatic N) is 2. The van der Waals surface area contributed by atoms with Crippen molar-refractivity contribution in [2.24, 2.45) is 0 Å². The Morgan fingerprint density at radius 2 is 1.17 bits per heavy atom. The van der Waals surface area contributed by atoms with Crippen LogP contribution in [0, 0.1) is 0 Å². The van der Waals surface area contributed by atoms with Crippen LogP contribution in [-0.2, 0) is 0 Å². The Kier molecular flexibility index (Phi) is 8.84. The molecule has 0 aliphatic heterocycles. The van der Waals surface area contributed by atoms with Crippen LogP contribution in [0.15, 0.2) is 195 Å². The maximum Gasteiger partial charge on any atom is 0.160 e. The van der Waals surface area contributed by atoms with E-state index in [0.717, 1.165) is 71.6 Å². The molecular formula is C51H36N2S. The van der Waals surface area contributed by atoms with Gasteiger partial charge in [-0.15, -0.1) is 11.3 Å². The zero-order valence-electron chi connectivity index (χ0n) is 29.9. The molecule has 0 aliphatic carbocycles. The zero-order chi connectivity index (χ0) is 36.4. The van der Waals surface area contributed by atoms with E-state index in [1.54, 1.807) is 11.3 Å². The molecule has 3 heteroatoms. The van der Waals surface area contributed by atoms with Crippen LogP contribution >= 0.6 is 11.3 Å². The molecule has 0 fully saturated rings. The number of hydrogen-bond donors (Lipinski definition) is 0. The fraction of sp³-hybridized carbons (Fsp3) is 0.0196. The fourth-order valence-corrected chi connectivity index (χ4v) is 8.53. The van der Waals surface area contributed by atoms with Gasteiger partial charge in [0, 0.05) is 21.2 Å². The van der Waals surface area contributed by atoms with E-state index in [1.165, 1.54) is 26.6 Å². The normalized spacial score (nSPS) is 11.9. The molecule has 0 radical (unpaired) electrons. The van der Waals surface area contributed by atoms with E-state index in [9.17, 15) is 0 Å². The molecule has 0 saturated heterocycles. The van der Waals surface area contributed by atoms with Crippen molar-refractivity contribution in [3.05, 3.63) is 200 Å². The fourth-order valence-electron chi connectivity index (χ4n) is 7.38. The van der Waals surface area contributed by atoms with Gasteiger partial charge in [-0.3, -0.25) is 0 Å². The van der Waals surface area contributed by atoms with Crippen molar-refractivity contribution in [1.29, 1.82) is 0 Å². The predicted octanol–water partition coefficient (Wildman–Crippen LogP) is 14.5. The molecule has 9 rings (SSSR count). The van der Waals surface area contributed by atoms with Gasteiger partial charge in [0.15, 0.2) is 5.82 Å². The monoisotopic (exact) mass is 708 g/mol. The molecule has 0 spiro atoms. The van der Waals surface area contributed by atoms with E-state index in [4.69, 9.17) is 9.97 Å². The smallest absolute Gasteiger partial charge is 0.160 e. The first-order valence-corrected chi connectivity index (χ1v) is 19.0. The Morgan fingerprint density at radius 1 is 0.556 bits per heavy atom. The van der Waals surface area contributed by atoms with E-state index in [0.29, 0.717) is 0 Å². The molecule has 54 heavy (non-hydrogen) atoms. The molecule has 7 aromatic carbocycles. The second kappa shape index (κ2) is 14.4. The molecule has 0 N–H and O–H groups in total. The van der Waals surface area contributed by atoms with Crippen LogP contribution < -0.4 is 0 Å². The molecule has 9 aromatic rings. The van der Waals surface area contributed by atoms with Crippen LogP contribution in [0.25, 0.3) is 92.7 Å². The van der Waals surface area contributed by atoms with Gasteiger partial charge in [-0.05, 0) is 98.6 Å². The molecule has 0 amide bonds. The van der Waals surface area contributed by atoms with Gasteiger partial charge in [0.2, 0.25) is 0 Å². The van der Waals surface area contributed by atoms with Crippen molar-refractivity contribution < 1.29 is 0 Å². The highest BCUT2D eigenvalue weighted by molar-refractivity contribution is 7.26. The summed E-state index contributed by atoms with van der Waals surface area (Å²) in [5.74, 6) is 0.723. The molecule has 2 aromatic heterocycles. The number of fused-ring (bicyclic) bond motifs is 4. The highest BCUT2D eigenvalue weighted by Crippen LogP contribution is 2.40. The zero-order valence-corrected chi connectivity index (χ0v) is 30.7. The summed E-state index contributed by atoms with van der Waals surface area (Å²) in [6.07, 6.45) is 8.17. The summed E-state index contributed by atoms with van der Waals surface area (Å²) < 4.78 is 2.33. The summed E-state index contributed by atoms with van der Waals surface area (Å²) in [6.45, 7) is 6.07. The standard InChI is InChI=1S/C51H36N2S/c1-3-15-34(16-4-2)41-31-42(33-43(32-41)45-27-14-20-35-17-8-9-25-44(35)45)39-23-12-21-37(29-39)38-22-13-24-40(30-38)51-52-48(36-18-6-5-7-19-36)50-49(53-51)46-26-10-11-28-47(46)54-50/h3-33H,1H2,2H3/b16-4-,34-15+. The van der Waals surface area contributed by atoms with Gasteiger partial charge in [0.1, 0.15) is 0 Å². The molecule has 0 atom stereocenters. The number of rotatable bonds is 8. The third kappa shape index (κ3) is 6.25. The maximum atomic E-state index is 5.23. The van der Waals surface area contributed by atoms with E-state index in [2.05, 4.69) is 189 Å². The third-order valence-corrected chi connectivity index (χ3v) is 11.1. The van der Waals surface area contributed by atoms with Crippen LogP contribution in [0.3, 0.4) is 0 Å². The molecule has 0 saturated carbocycles. The molecule has 0 aliphatic rings. The number of aromatic nitrogens is 2. The topological polar surface area (TPSA) is 25.8 Å². The van der Waals surface area contributed by atoms with E-state index >= 15 is 0 Å². The molecule has 256 valence electrons. The van der Waals surface area contributed by atoms with Crippen LogP contribution in [-0.4, -0.2) is 9.97 Å². The Morgan fingerprint density at radius 3 is 1.96 bits per heavy atom. The molecule has 2 heterocycles. The van der Waals surface area contributed by atoms with Crippen molar-refractivity contribution in [2.45, 2.75) is 6.92 Å². The minimum atomic E-state index is 0.723. The van der Waals surface area contributed by atoms with Crippen LogP contribution in [0.2, 0.25) is 0 Å². The van der Waals surface area contributed by atoms with Crippen molar-refractivity contribution >= 4 is 48.0 Å². The SMILES string of the molecule is C=C/C=C(\C=C/C)c1cc(-c2cccc(-c3cccc(-c4nc(-c5ccccc5)c5sc6ccccc6c5n4)c3)c2)cc(-c2cccc3ccccc23)c1. The van der Waals surface area contributed by atoms with Crippen LogP contribution in [0.5, 0.6) is 0 Å². The molecule has 0 bridgehead atoms. The van der Waals surface area contributed by atoms with Crippen LogP contribution in [0.1, 0.15) is 12.5 Å². The van der Waals surface area contributed by atoms with Gasteiger partial charge in [0.25, 0.3) is 0 Å².